The number of carbonyl (C=O) groups is 2. The zero-order chi connectivity index (χ0) is 27.5. The van der Waals surface area contributed by atoms with Crippen molar-refractivity contribution in [3.63, 3.8) is 0 Å². The van der Waals surface area contributed by atoms with Gasteiger partial charge < -0.3 is 34.3 Å². The van der Waals surface area contributed by atoms with Gasteiger partial charge in [0.1, 0.15) is 5.76 Å². The smallest absolute Gasteiger partial charge is 0.336 e. The largest absolute Gasteiger partial charge is 0.497 e. The van der Waals surface area contributed by atoms with Gasteiger partial charge in [-0.3, -0.25) is 9.69 Å². The van der Waals surface area contributed by atoms with Crippen LogP contribution in [0.2, 0.25) is 0 Å². The van der Waals surface area contributed by atoms with Crippen LogP contribution in [0.4, 0.5) is 0 Å². The highest BCUT2D eigenvalue weighted by atomic mass is 16.7. The van der Waals surface area contributed by atoms with E-state index < -0.39 is 46.6 Å². The van der Waals surface area contributed by atoms with E-state index in [1.165, 1.54) is 21.0 Å². The van der Waals surface area contributed by atoms with Gasteiger partial charge in [0, 0.05) is 6.54 Å². The van der Waals surface area contributed by atoms with Crippen molar-refractivity contribution in [3.8, 4) is 11.5 Å². The molecule has 0 radical (unpaired) electrons. The molecule has 10 heteroatoms. The molecule has 4 aliphatic rings. The Kier molecular flexibility index (Phi) is 6.44. The lowest BCUT2D eigenvalue weighted by Crippen LogP contribution is -2.58. The second-order valence-corrected chi connectivity index (χ2v) is 11.8. The normalized spacial score (nSPS) is 29.4. The number of aliphatic carboxylic acids is 1. The number of methoxy groups -OCH3 is 1. The molecule has 3 heterocycles. The maximum atomic E-state index is 13.3. The first-order chi connectivity index (χ1) is 17.8. The van der Waals surface area contributed by atoms with E-state index in [1.807, 2.05) is 12.1 Å². The molecule has 38 heavy (non-hydrogen) atoms. The number of aliphatic hydroxyl groups is 2. The van der Waals surface area contributed by atoms with Crippen LogP contribution in [0.5, 0.6) is 11.5 Å². The van der Waals surface area contributed by atoms with E-state index in [0.29, 0.717) is 17.3 Å². The molecule has 0 saturated carbocycles. The summed E-state index contributed by atoms with van der Waals surface area (Å²) in [5, 5.41) is 30.7. The third kappa shape index (κ3) is 4.13. The average molecular weight is 532 g/mol. The molecule has 208 valence electrons. The zero-order valence-corrected chi connectivity index (χ0v) is 22.4. The Morgan fingerprint density at radius 1 is 1.16 bits per heavy atom. The van der Waals surface area contributed by atoms with Crippen molar-refractivity contribution in [1.29, 1.82) is 0 Å². The van der Waals surface area contributed by atoms with Crippen LogP contribution in [0, 0.1) is 0 Å². The highest BCUT2D eigenvalue weighted by Gasteiger charge is 2.66. The van der Waals surface area contributed by atoms with Crippen LogP contribution in [0.1, 0.15) is 64.0 Å². The number of hydrogen-bond donors (Lipinski definition) is 3. The Hall–Kier alpha value is -2.82. The predicted octanol–water partition coefficient (Wildman–Crippen LogP) is 2.28. The van der Waals surface area contributed by atoms with Crippen LogP contribution >= 0.6 is 0 Å². The van der Waals surface area contributed by atoms with E-state index >= 15 is 0 Å². The lowest BCUT2D eigenvalue weighted by atomic mass is 9.65. The fourth-order valence-corrected chi connectivity index (χ4v) is 6.77. The summed E-state index contributed by atoms with van der Waals surface area (Å²) >= 11 is 0. The Balaban J connectivity index is 1.52. The van der Waals surface area contributed by atoms with E-state index in [2.05, 4.69) is 17.9 Å². The van der Waals surface area contributed by atoms with Crippen molar-refractivity contribution in [1.82, 2.24) is 4.90 Å². The number of ether oxygens (including phenoxy) is 4. The average Bonchev–Trinajstić information content (AvgIpc) is 3.52. The molecule has 5 rings (SSSR count). The monoisotopic (exact) mass is 531 g/mol. The molecule has 10 nitrogen and oxygen atoms in total. The lowest BCUT2D eigenvalue weighted by molar-refractivity contribution is -0.173. The summed E-state index contributed by atoms with van der Waals surface area (Å²) in [5.41, 5.74) is -2.78. The molecular weight excluding hydrogens is 494 g/mol. The highest BCUT2D eigenvalue weighted by Crippen LogP contribution is 2.59. The van der Waals surface area contributed by atoms with Gasteiger partial charge in [-0.15, -0.1) is 0 Å². The standard InChI is InChI=1S/C28H37NO9/c1-25(2,33)8-9-27(34,24(31)32)15-22(30)38-23-21(35-4)14-28-7-5-10-29(28)11-6-17-12-19-20(37-16-36-19)13-18(17)26(23,28)3/h12-14,23,33-34H,5-11,15-16H2,1-4H3,(H,31,32)/t23-,26-,27?,28+/m1/s1. The first-order valence-corrected chi connectivity index (χ1v) is 13.2. The van der Waals surface area contributed by atoms with E-state index in [4.69, 9.17) is 18.9 Å². The number of benzene rings is 1. The van der Waals surface area contributed by atoms with Crippen molar-refractivity contribution < 1.29 is 43.9 Å². The van der Waals surface area contributed by atoms with Crippen molar-refractivity contribution in [3.05, 3.63) is 35.1 Å². The van der Waals surface area contributed by atoms with Gasteiger partial charge in [0.05, 0.1) is 30.1 Å². The number of fused-ring (bicyclic) bond motifs is 3. The van der Waals surface area contributed by atoms with Gasteiger partial charge in [-0.2, -0.15) is 0 Å². The van der Waals surface area contributed by atoms with E-state index in [9.17, 15) is 24.9 Å². The third-order valence-electron chi connectivity index (χ3n) is 8.89. The number of carbonyl (C=O) groups excluding carboxylic acids is 1. The quantitative estimate of drug-likeness (QED) is 0.429. The van der Waals surface area contributed by atoms with E-state index in [1.54, 1.807) is 0 Å². The molecule has 0 aromatic heterocycles. The van der Waals surface area contributed by atoms with Crippen LogP contribution in [0.25, 0.3) is 0 Å². The molecule has 1 aromatic rings. The van der Waals surface area contributed by atoms with Crippen LogP contribution in [0.15, 0.2) is 24.0 Å². The molecule has 4 atom stereocenters. The Morgan fingerprint density at radius 3 is 2.53 bits per heavy atom. The summed E-state index contributed by atoms with van der Waals surface area (Å²) in [7, 11) is 1.54. The molecule has 1 spiro atoms. The molecule has 3 aliphatic heterocycles. The van der Waals surface area contributed by atoms with Gasteiger partial charge >= 0.3 is 11.9 Å². The maximum absolute atomic E-state index is 13.3. The minimum absolute atomic E-state index is 0.00786. The second-order valence-electron chi connectivity index (χ2n) is 11.8. The minimum Gasteiger partial charge on any atom is -0.497 e. The van der Waals surface area contributed by atoms with Gasteiger partial charge in [-0.25, -0.2) is 4.79 Å². The predicted molar refractivity (Wildman–Crippen MR) is 135 cm³/mol. The Morgan fingerprint density at radius 2 is 1.87 bits per heavy atom. The number of carboxylic acid groups (broad SMARTS) is 1. The summed E-state index contributed by atoms with van der Waals surface area (Å²) < 4.78 is 23.2. The topological polar surface area (TPSA) is 135 Å². The Bertz CT molecular complexity index is 1170. The molecule has 1 aliphatic carbocycles. The summed E-state index contributed by atoms with van der Waals surface area (Å²) in [5.74, 6) is -0.575. The number of nitrogens with zero attached hydrogens (tertiary/aromatic N) is 1. The third-order valence-corrected chi connectivity index (χ3v) is 8.89. The van der Waals surface area contributed by atoms with E-state index in [0.717, 1.165) is 43.5 Å². The lowest BCUT2D eigenvalue weighted by Gasteiger charge is -2.47. The van der Waals surface area contributed by atoms with E-state index in [-0.39, 0.29) is 19.6 Å². The molecule has 0 amide bonds. The molecule has 0 bridgehead atoms. The first-order valence-electron chi connectivity index (χ1n) is 13.2. The number of hydrogen-bond acceptors (Lipinski definition) is 9. The van der Waals surface area contributed by atoms with Gasteiger partial charge in [-0.05, 0) is 88.8 Å². The van der Waals surface area contributed by atoms with Gasteiger partial charge in [0.25, 0.3) is 0 Å². The van der Waals surface area contributed by atoms with Crippen LogP contribution < -0.4 is 9.47 Å². The molecule has 1 saturated heterocycles. The highest BCUT2D eigenvalue weighted by molar-refractivity contribution is 5.84. The fourth-order valence-electron chi connectivity index (χ4n) is 6.77. The van der Waals surface area contributed by atoms with Gasteiger partial charge in [0.2, 0.25) is 6.79 Å². The van der Waals surface area contributed by atoms with Crippen molar-refractivity contribution in [2.45, 2.75) is 87.6 Å². The number of esters is 1. The van der Waals surface area contributed by atoms with Crippen molar-refractivity contribution in [2.75, 3.05) is 27.0 Å². The van der Waals surface area contributed by atoms with Crippen LogP contribution in [-0.4, -0.2) is 82.0 Å². The molecule has 1 aromatic carbocycles. The summed E-state index contributed by atoms with van der Waals surface area (Å²) in [6, 6.07) is 3.98. The Labute approximate surface area is 222 Å². The molecule has 3 N–H and O–H groups in total. The summed E-state index contributed by atoms with van der Waals surface area (Å²) in [6.07, 6.45) is 2.73. The first kappa shape index (κ1) is 26.8. The second kappa shape index (κ2) is 9.14. The summed E-state index contributed by atoms with van der Waals surface area (Å²) in [4.78, 5) is 27.7. The zero-order valence-electron chi connectivity index (χ0n) is 22.4. The number of carboxylic acids is 1. The number of rotatable bonds is 8. The molecule has 1 fully saturated rings. The van der Waals surface area contributed by atoms with Gasteiger partial charge in [-0.1, -0.05) is 0 Å². The maximum Gasteiger partial charge on any atom is 0.336 e. The van der Waals surface area contributed by atoms with Crippen LogP contribution in [0.3, 0.4) is 0 Å². The summed E-state index contributed by atoms with van der Waals surface area (Å²) in [6.45, 7) is 6.95. The SMILES string of the molecule is COC1=C[C@]23CCCN2CCc2cc4c(cc2[C@]3(C)[C@@H]1OC(=O)CC(O)(CCC(C)(C)O)C(=O)O)OCO4. The molecular formula is C28H37NO9. The van der Waals surface area contributed by atoms with Crippen molar-refractivity contribution >= 4 is 11.9 Å². The van der Waals surface area contributed by atoms with Crippen LogP contribution in [-0.2, 0) is 30.9 Å². The van der Waals surface area contributed by atoms with Gasteiger partial charge in [0.15, 0.2) is 23.2 Å². The minimum atomic E-state index is -2.38. The molecule has 1 unspecified atom stereocenters. The fraction of sp³-hybridized carbons (Fsp3) is 0.643. The van der Waals surface area contributed by atoms with Crippen molar-refractivity contribution in [2.24, 2.45) is 0 Å².